The van der Waals surface area contributed by atoms with Gasteiger partial charge in [0, 0.05) is 43.6 Å². The van der Waals surface area contributed by atoms with Gasteiger partial charge in [-0.1, -0.05) is 13.8 Å². The van der Waals surface area contributed by atoms with Crippen molar-refractivity contribution in [3.8, 4) is 0 Å². The van der Waals surface area contributed by atoms with Gasteiger partial charge < -0.3 is 15.2 Å². The van der Waals surface area contributed by atoms with Gasteiger partial charge in [-0.15, -0.1) is 0 Å². The number of aliphatic hydroxyl groups excluding tert-OH is 1. The minimum Gasteiger partial charge on any atom is -0.394 e. The number of hydrogen-bond donors (Lipinski definition) is 2. The number of hydrogen-bond acceptors (Lipinski definition) is 4. The van der Waals surface area contributed by atoms with Crippen LogP contribution in [0.15, 0.2) is 0 Å². The van der Waals surface area contributed by atoms with Crippen molar-refractivity contribution < 1.29 is 9.84 Å². The minimum atomic E-state index is -0.190. The van der Waals surface area contributed by atoms with E-state index in [0.29, 0.717) is 0 Å². The van der Waals surface area contributed by atoms with Gasteiger partial charge in [0.05, 0.1) is 12.3 Å². The SMILES string of the molecule is CCc1nn(C)c(CC)c1CNC1(CO)CCOCC1. The summed E-state index contributed by atoms with van der Waals surface area (Å²) in [6, 6.07) is 0. The van der Waals surface area contributed by atoms with Gasteiger partial charge in [0.2, 0.25) is 0 Å². The predicted octanol–water partition coefficient (Wildman–Crippen LogP) is 1.18. The zero-order valence-electron chi connectivity index (χ0n) is 12.9. The molecule has 0 radical (unpaired) electrons. The van der Waals surface area contributed by atoms with E-state index in [0.717, 1.165) is 51.1 Å². The molecule has 0 aliphatic carbocycles. The maximum atomic E-state index is 9.74. The van der Waals surface area contributed by atoms with E-state index in [1.165, 1.54) is 11.3 Å². The molecule has 0 bridgehead atoms. The van der Waals surface area contributed by atoms with E-state index >= 15 is 0 Å². The largest absolute Gasteiger partial charge is 0.394 e. The molecule has 0 saturated carbocycles. The molecule has 2 heterocycles. The van der Waals surface area contributed by atoms with Crippen molar-refractivity contribution in [3.05, 3.63) is 17.0 Å². The van der Waals surface area contributed by atoms with Crippen LogP contribution >= 0.6 is 0 Å². The highest BCUT2D eigenvalue weighted by Crippen LogP contribution is 2.22. The normalized spacial score (nSPS) is 18.4. The predicted molar refractivity (Wildman–Crippen MR) is 78.7 cm³/mol. The van der Waals surface area contributed by atoms with Crippen LogP contribution in [0.1, 0.15) is 43.6 Å². The molecule has 0 spiro atoms. The smallest absolute Gasteiger partial charge is 0.0669 e. The van der Waals surface area contributed by atoms with Gasteiger partial charge in [-0.05, 0) is 25.7 Å². The Bertz CT molecular complexity index is 437. The number of aryl methyl sites for hydroxylation is 2. The molecule has 5 heteroatoms. The molecule has 1 aromatic heterocycles. The van der Waals surface area contributed by atoms with Crippen molar-refractivity contribution in [2.45, 2.75) is 51.6 Å². The van der Waals surface area contributed by atoms with Crippen LogP contribution in [0.25, 0.3) is 0 Å². The van der Waals surface area contributed by atoms with Crippen LogP contribution in [-0.4, -0.2) is 40.2 Å². The Labute approximate surface area is 121 Å². The molecule has 1 aliphatic heterocycles. The highest BCUT2D eigenvalue weighted by molar-refractivity contribution is 5.27. The second-order valence-corrected chi connectivity index (χ2v) is 5.61. The Kier molecular flexibility index (Phi) is 5.18. The van der Waals surface area contributed by atoms with Crippen molar-refractivity contribution in [3.63, 3.8) is 0 Å². The zero-order chi connectivity index (χ0) is 14.6. The summed E-state index contributed by atoms with van der Waals surface area (Å²) in [5.74, 6) is 0. The summed E-state index contributed by atoms with van der Waals surface area (Å²) in [5, 5.41) is 17.9. The van der Waals surface area contributed by atoms with E-state index in [2.05, 4.69) is 24.3 Å². The first-order chi connectivity index (χ1) is 9.65. The third kappa shape index (κ3) is 3.05. The molecule has 114 valence electrons. The number of aliphatic hydroxyl groups is 1. The molecule has 2 rings (SSSR count). The molecule has 2 N–H and O–H groups in total. The van der Waals surface area contributed by atoms with E-state index in [-0.39, 0.29) is 12.1 Å². The Balaban J connectivity index is 2.13. The highest BCUT2D eigenvalue weighted by atomic mass is 16.5. The second-order valence-electron chi connectivity index (χ2n) is 5.61. The Morgan fingerprint density at radius 3 is 2.55 bits per heavy atom. The first-order valence-electron chi connectivity index (χ1n) is 7.63. The molecular formula is C15H27N3O2. The minimum absolute atomic E-state index is 0.166. The molecule has 0 unspecified atom stereocenters. The monoisotopic (exact) mass is 281 g/mol. The number of aromatic nitrogens is 2. The first kappa shape index (κ1) is 15.5. The molecule has 5 nitrogen and oxygen atoms in total. The van der Waals surface area contributed by atoms with Gasteiger partial charge in [0.1, 0.15) is 0 Å². The Morgan fingerprint density at radius 2 is 2.00 bits per heavy atom. The fourth-order valence-electron chi connectivity index (χ4n) is 3.02. The molecular weight excluding hydrogens is 254 g/mol. The average Bonchev–Trinajstić information content (AvgIpc) is 2.81. The summed E-state index contributed by atoms with van der Waals surface area (Å²) >= 11 is 0. The summed E-state index contributed by atoms with van der Waals surface area (Å²) < 4.78 is 7.40. The third-order valence-corrected chi connectivity index (χ3v) is 4.42. The fourth-order valence-corrected chi connectivity index (χ4v) is 3.02. The van der Waals surface area contributed by atoms with E-state index in [4.69, 9.17) is 4.74 Å². The third-order valence-electron chi connectivity index (χ3n) is 4.42. The lowest BCUT2D eigenvalue weighted by Gasteiger charge is -2.36. The van der Waals surface area contributed by atoms with Gasteiger partial charge in [-0.3, -0.25) is 4.68 Å². The van der Waals surface area contributed by atoms with E-state index in [1.54, 1.807) is 0 Å². The average molecular weight is 281 g/mol. The number of nitrogens with one attached hydrogen (secondary N) is 1. The van der Waals surface area contributed by atoms with Crippen LogP contribution in [-0.2, 0) is 31.2 Å². The lowest BCUT2D eigenvalue weighted by Crippen LogP contribution is -2.52. The van der Waals surface area contributed by atoms with Crippen molar-refractivity contribution in [1.82, 2.24) is 15.1 Å². The molecule has 1 aromatic rings. The van der Waals surface area contributed by atoms with Crippen molar-refractivity contribution in [1.29, 1.82) is 0 Å². The van der Waals surface area contributed by atoms with Crippen LogP contribution in [0.3, 0.4) is 0 Å². The number of nitrogens with zero attached hydrogens (tertiary/aromatic N) is 2. The van der Waals surface area contributed by atoms with Crippen LogP contribution < -0.4 is 5.32 Å². The summed E-state index contributed by atoms with van der Waals surface area (Å²) in [4.78, 5) is 0. The molecule has 1 fully saturated rings. The zero-order valence-corrected chi connectivity index (χ0v) is 12.9. The van der Waals surface area contributed by atoms with Gasteiger partial charge >= 0.3 is 0 Å². The van der Waals surface area contributed by atoms with Crippen LogP contribution in [0, 0.1) is 0 Å². The standard InChI is InChI=1S/C15H27N3O2/c1-4-13-12(14(5-2)18(3)17-13)10-16-15(11-19)6-8-20-9-7-15/h16,19H,4-11H2,1-3H3. The van der Waals surface area contributed by atoms with E-state index < -0.39 is 0 Å². The number of rotatable bonds is 6. The molecule has 0 atom stereocenters. The summed E-state index contributed by atoms with van der Waals surface area (Å²) in [6.45, 7) is 6.70. The summed E-state index contributed by atoms with van der Waals surface area (Å²) in [5.41, 5.74) is 3.56. The molecule has 0 aromatic carbocycles. The molecule has 1 saturated heterocycles. The lowest BCUT2D eigenvalue weighted by molar-refractivity contribution is 0.0111. The fraction of sp³-hybridized carbons (Fsp3) is 0.800. The van der Waals surface area contributed by atoms with Gasteiger partial charge in [0.25, 0.3) is 0 Å². The summed E-state index contributed by atoms with van der Waals surface area (Å²) in [7, 11) is 2.01. The van der Waals surface area contributed by atoms with Crippen LogP contribution in [0.2, 0.25) is 0 Å². The Morgan fingerprint density at radius 1 is 1.30 bits per heavy atom. The topological polar surface area (TPSA) is 59.3 Å². The molecule has 1 aliphatic rings. The maximum absolute atomic E-state index is 9.74. The first-order valence-corrected chi connectivity index (χ1v) is 7.63. The van der Waals surface area contributed by atoms with Crippen molar-refractivity contribution in [2.24, 2.45) is 7.05 Å². The second kappa shape index (κ2) is 6.70. The van der Waals surface area contributed by atoms with Crippen molar-refractivity contribution >= 4 is 0 Å². The van der Waals surface area contributed by atoms with Crippen LogP contribution in [0.4, 0.5) is 0 Å². The van der Waals surface area contributed by atoms with Gasteiger partial charge in [0.15, 0.2) is 0 Å². The summed E-state index contributed by atoms with van der Waals surface area (Å²) in [6.07, 6.45) is 3.66. The highest BCUT2D eigenvalue weighted by Gasteiger charge is 2.31. The van der Waals surface area contributed by atoms with Gasteiger partial charge in [-0.25, -0.2) is 0 Å². The Hall–Kier alpha value is -0.910. The lowest BCUT2D eigenvalue weighted by atomic mass is 9.90. The number of ether oxygens (including phenoxy) is 1. The van der Waals surface area contributed by atoms with E-state index in [9.17, 15) is 5.11 Å². The molecule has 0 amide bonds. The van der Waals surface area contributed by atoms with E-state index in [1.807, 2.05) is 11.7 Å². The van der Waals surface area contributed by atoms with Gasteiger partial charge in [-0.2, -0.15) is 5.10 Å². The molecule has 20 heavy (non-hydrogen) atoms. The quantitative estimate of drug-likeness (QED) is 0.822. The maximum Gasteiger partial charge on any atom is 0.0669 e. The van der Waals surface area contributed by atoms with Crippen LogP contribution in [0.5, 0.6) is 0 Å². The van der Waals surface area contributed by atoms with Crippen molar-refractivity contribution in [2.75, 3.05) is 19.8 Å².